The van der Waals surface area contributed by atoms with Crippen LogP contribution in [0.15, 0.2) is 12.3 Å². The molecule has 0 fully saturated rings. The second-order valence-electron chi connectivity index (χ2n) is 2.27. The first-order valence-electron chi connectivity index (χ1n) is 3.60. The van der Waals surface area contributed by atoms with Crippen LogP contribution >= 0.6 is 0 Å². The van der Waals surface area contributed by atoms with Gasteiger partial charge in [0, 0.05) is 6.20 Å². The molecule has 0 aliphatic carbocycles. The number of hydrogen-bond acceptors (Lipinski definition) is 5. The quantitative estimate of drug-likeness (QED) is 0.484. The third kappa shape index (κ3) is 2.62. The molecular weight excluding hydrogens is 172 g/mol. The maximum atomic E-state index is 10.8. The summed E-state index contributed by atoms with van der Waals surface area (Å²) in [4.78, 5) is 28.7. The molecule has 5 nitrogen and oxygen atoms in total. The van der Waals surface area contributed by atoms with Crippen molar-refractivity contribution in [3.63, 3.8) is 0 Å². The van der Waals surface area contributed by atoms with Gasteiger partial charge in [0.15, 0.2) is 6.29 Å². The smallest absolute Gasteiger partial charge is 0.313 e. The lowest BCUT2D eigenvalue weighted by atomic mass is 10.3. The molecule has 0 atom stereocenters. The SMILES string of the molecule is COC(=O)Cc1nccc(C=O)n1. The molecule has 0 aliphatic heterocycles. The van der Waals surface area contributed by atoms with E-state index in [1.807, 2.05) is 0 Å². The Kier molecular flexibility index (Phi) is 3.08. The first-order valence-corrected chi connectivity index (χ1v) is 3.60. The van der Waals surface area contributed by atoms with Crippen molar-refractivity contribution in [1.82, 2.24) is 9.97 Å². The van der Waals surface area contributed by atoms with Gasteiger partial charge in [-0.15, -0.1) is 0 Å². The van der Waals surface area contributed by atoms with Crippen molar-refractivity contribution < 1.29 is 14.3 Å². The van der Waals surface area contributed by atoms with Crippen molar-refractivity contribution in [2.75, 3.05) is 7.11 Å². The largest absolute Gasteiger partial charge is 0.469 e. The Morgan fingerprint density at radius 3 is 3.08 bits per heavy atom. The maximum Gasteiger partial charge on any atom is 0.313 e. The molecule has 0 aliphatic rings. The van der Waals surface area contributed by atoms with E-state index < -0.39 is 5.97 Å². The van der Waals surface area contributed by atoms with Gasteiger partial charge in [0.05, 0.1) is 7.11 Å². The zero-order chi connectivity index (χ0) is 9.68. The van der Waals surface area contributed by atoms with Crippen LogP contribution in [0.4, 0.5) is 0 Å². The fourth-order valence-corrected chi connectivity index (χ4v) is 0.767. The number of aromatic nitrogens is 2. The van der Waals surface area contributed by atoms with E-state index in [4.69, 9.17) is 0 Å². The molecule has 1 rings (SSSR count). The Labute approximate surface area is 74.8 Å². The number of nitrogens with zero attached hydrogens (tertiary/aromatic N) is 2. The average molecular weight is 180 g/mol. The van der Waals surface area contributed by atoms with E-state index in [9.17, 15) is 9.59 Å². The topological polar surface area (TPSA) is 69.2 Å². The summed E-state index contributed by atoms with van der Waals surface area (Å²) in [7, 11) is 1.28. The lowest BCUT2D eigenvalue weighted by Crippen LogP contribution is -2.08. The van der Waals surface area contributed by atoms with Gasteiger partial charge in [0.2, 0.25) is 0 Å². The van der Waals surface area contributed by atoms with Crippen molar-refractivity contribution in [2.24, 2.45) is 0 Å². The molecule has 1 heterocycles. The molecule has 1 aromatic rings. The fourth-order valence-electron chi connectivity index (χ4n) is 0.767. The van der Waals surface area contributed by atoms with Gasteiger partial charge in [-0.25, -0.2) is 9.97 Å². The molecule has 1 aromatic heterocycles. The van der Waals surface area contributed by atoms with Crippen LogP contribution in [-0.4, -0.2) is 29.3 Å². The second-order valence-corrected chi connectivity index (χ2v) is 2.27. The standard InChI is InChI=1S/C8H8N2O3/c1-13-8(12)4-7-9-3-2-6(5-11)10-7/h2-3,5H,4H2,1H3. The molecule has 13 heavy (non-hydrogen) atoms. The maximum absolute atomic E-state index is 10.8. The van der Waals surface area contributed by atoms with Crippen LogP contribution in [0.25, 0.3) is 0 Å². The second kappa shape index (κ2) is 4.30. The number of carbonyl (C=O) groups is 2. The van der Waals surface area contributed by atoms with Crippen LogP contribution in [-0.2, 0) is 16.0 Å². The van der Waals surface area contributed by atoms with Crippen LogP contribution in [0.2, 0.25) is 0 Å². The first kappa shape index (κ1) is 9.31. The number of hydrogen-bond donors (Lipinski definition) is 0. The Bertz CT molecular complexity index is 325. The Hall–Kier alpha value is -1.78. The summed E-state index contributed by atoms with van der Waals surface area (Å²) in [5.41, 5.74) is 0.258. The predicted octanol–water partition coefficient (Wildman–Crippen LogP) is 0.00460. The van der Waals surface area contributed by atoms with Crippen LogP contribution in [0.1, 0.15) is 16.3 Å². The monoisotopic (exact) mass is 180 g/mol. The lowest BCUT2D eigenvalue weighted by Gasteiger charge is -1.97. The average Bonchev–Trinajstić information content (AvgIpc) is 2.18. The first-order chi connectivity index (χ1) is 6.26. The molecule has 68 valence electrons. The third-order valence-corrected chi connectivity index (χ3v) is 1.38. The summed E-state index contributed by atoms with van der Waals surface area (Å²) < 4.78 is 4.42. The van der Waals surface area contributed by atoms with Gasteiger partial charge in [-0.05, 0) is 6.07 Å². The molecule has 0 bridgehead atoms. The lowest BCUT2D eigenvalue weighted by molar-refractivity contribution is -0.139. The highest BCUT2D eigenvalue weighted by atomic mass is 16.5. The van der Waals surface area contributed by atoms with Crippen molar-refractivity contribution in [3.05, 3.63) is 23.8 Å². The molecule has 0 aromatic carbocycles. The van der Waals surface area contributed by atoms with Crippen molar-refractivity contribution in [2.45, 2.75) is 6.42 Å². The Morgan fingerprint density at radius 2 is 2.46 bits per heavy atom. The van der Waals surface area contributed by atoms with Crippen LogP contribution in [0.5, 0.6) is 0 Å². The molecule has 0 unspecified atom stereocenters. The van der Waals surface area contributed by atoms with Gasteiger partial charge in [-0.1, -0.05) is 0 Å². The van der Waals surface area contributed by atoms with E-state index in [0.717, 1.165) is 0 Å². The number of aldehydes is 1. The van der Waals surface area contributed by atoms with Gasteiger partial charge < -0.3 is 4.74 Å². The van der Waals surface area contributed by atoms with Crippen molar-refractivity contribution >= 4 is 12.3 Å². The van der Waals surface area contributed by atoms with E-state index in [1.54, 1.807) is 0 Å². The van der Waals surface area contributed by atoms with Gasteiger partial charge in [-0.2, -0.15) is 0 Å². The van der Waals surface area contributed by atoms with E-state index in [-0.39, 0.29) is 17.9 Å². The third-order valence-electron chi connectivity index (χ3n) is 1.38. The number of esters is 1. The minimum Gasteiger partial charge on any atom is -0.469 e. The highest BCUT2D eigenvalue weighted by molar-refractivity contribution is 5.73. The predicted molar refractivity (Wildman–Crippen MR) is 43.1 cm³/mol. The van der Waals surface area contributed by atoms with E-state index >= 15 is 0 Å². The summed E-state index contributed by atoms with van der Waals surface area (Å²) in [5.74, 6) is -0.139. The highest BCUT2D eigenvalue weighted by Gasteiger charge is 2.05. The van der Waals surface area contributed by atoms with Crippen molar-refractivity contribution in [1.29, 1.82) is 0 Å². The van der Waals surface area contributed by atoms with Crippen LogP contribution in [0, 0.1) is 0 Å². The molecule has 0 spiro atoms. The summed E-state index contributed by atoms with van der Waals surface area (Å²) in [6.45, 7) is 0. The summed E-state index contributed by atoms with van der Waals surface area (Å²) >= 11 is 0. The minimum absolute atomic E-state index is 0.0157. The molecule has 0 saturated carbocycles. The van der Waals surface area contributed by atoms with E-state index in [0.29, 0.717) is 6.29 Å². The highest BCUT2D eigenvalue weighted by Crippen LogP contribution is 1.94. The molecule has 5 heteroatoms. The Morgan fingerprint density at radius 1 is 1.69 bits per heavy atom. The van der Waals surface area contributed by atoms with Crippen molar-refractivity contribution in [3.8, 4) is 0 Å². The molecule has 0 amide bonds. The number of carbonyl (C=O) groups excluding carboxylic acids is 2. The molecule has 0 N–H and O–H groups in total. The van der Waals surface area contributed by atoms with Gasteiger partial charge in [0.25, 0.3) is 0 Å². The number of methoxy groups -OCH3 is 1. The molecule has 0 radical (unpaired) electrons. The van der Waals surface area contributed by atoms with Gasteiger partial charge in [-0.3, -0.25) is 9.59 Å². The Balaban J connectivity index is 2.77. The summed E-state index contributed by atoms with van der Waals surface area (Å²) in [5, 5.41) is 0. The number of rotatable bonds is 3. The van der Waals surface area contributed by atoms with Gasteiger partial charge >= 0.3 is 5.97 Å². The fraction of sp³-hybridized carbons (Fsp3) is 0.250. The summed E-state index contributed by atoms with van der Waals surface area (Å²) in [6.07, 6.45) is 2.01. The van der Waals surface area contributed by atoms with Crippen LogP contribution < -0.4 is 0 Å². The summed E-state index contributed by atoms with van der Waals surface area (Å²) in [6, 6.07) is 1.47. The zero-order valence-electron chi connectivity index (χ0n) is 7.06. The zero-order valence-corrected chi connectivity index (χ0v) is 7.06. The van der Waals surface area contributed by atoms with E-state index in [2.05, 4.69) is 14.7 Å². The minimum atomic E-state index is -0.428. The molecule has 0 saturated heterocycles. The van der Waals surface area contributed by atoms with Crippen LogP contribution in [0.3, 0.4) is 0 Å². The molecular formula is C8H8N2O3. The number of ether oxygens (including phenoxy) is 1. The van der Waals surface area contributed by atoms with Gasteiger partial charge in [0.1, 0.15) is 17.9 Å². The normalized spacial score (nSPS) is 9.31. The van der Waals surface area contributed by atoms with E-state index in [1.165, 1.54) is 19.4 Å².